The van der Waals surface area contributed by atoms with Crippen LogP contribution in [0.4, 0.5) is 0 Å². The molecule has 2 rings (SSSR count). The van der Waals surface area contributed by atoms with Crippen LogP contribution in [-0.2, 0) is 6.42 Å². The minimum absolute atomic E-state index is 0.646. The number of benzene rings is 1. The number of rotatable bonds is 5. The highest BCUT2D eigenvalue weighted by Gasteiger charge is 2.15. The zero-order chi connectivity index (χ0) is 13.2. The molecule has 18 heavy (non-hydrogen) atoms. The van der Waals surface area contributed by atoms with E-state index in [1.807, 2.05) is 45.4 Å². The molecule has 0 radical (unpaired) electrons. The van der Waals surface area contributed by atoms with E-state index in [0.29, 0.717) is 6.54 Å². The summed E-state index contributed by atoms with van der Waals surface area (Å²) >= 11 is 0. The molecule has 1 aromatic carbocycles. The minimum Gasteiger partial charge on any atom is -0.464 e. The molecule has 0 unspecified atom stereocenters. The first kappa shape index (κ1) is 13.1. The molecule has 3 heteroatoms. The van der Waals surface area contributed by atoms with Crippen molar-refractivity contribution < 1.29 is 9.52 Å². The molecule has 2 aromatic rings. The summed E-state index contributed by atoms with van der Waals surface area (Å²) in [6.07, 6.45) is 2.77. The van der Waals surface area contributed by atoms with Crippen molar-refractivity contribution in [3.63, 3.8) is 0 Å². The van der Waals surface area contributed by atoms with E-state index in [-0.39, 0.29) is 0 Å². The number of furan rings is 1. The van der Waals surface area contributed by atoms with Gasteiger partial charge in [0.05, 0.1) is 11.9 Å². The molecule has 0 aliphatic heterocycles. The molecule has 1 aromatic heterocycles. The Balaban J connectivity index is 1.98. The predicted octanol–water partition coefficient (Wildman–Crippen LogP) is 2.68. The Labute approximate surface area is 108 Å². The van der Waals surface area contributed by atoms with Crippen molar-refractivity contribution in [3.05, 3.63) is 36.1 Å². The quantitative estimate of drug-likeness (QED) is 0.882. The maximum Gasteiger partial charge on any atom is 0.134 e. The molecule has 0 spiro atoms. The van der Waals surface area contributed by atoms with Crippen molar-refractivity contribution in [2.45, 2.75) is 25.9 Å². The van der Waals surface area contributed by atoms with Crippen LogP contribution in [0.15, 0.2) is 34.9 Å². The Bertz CT molecular complexity index is 510. The van der Waals surface area contributed by atoms with E-state index >= 15 is 0 Å². The molecular formula is C15H21NO2. The van der Waals surface area contributed by atoms with Crippen LogP contribution >= 0.6 is 0 Å². The third-order valence-electron chi connectivity index (χ3n) is 2.98. The number of hydrogen-bond acceptors (Lipinski definition) is 3. The van der Waals surface area contributed by atoms with Gasteiger partial charge in [0.15, 0.2) is 0 Å². The van der Waals surface area contributed by atoms with E-state index in [1.54, 1.807) is 0 Å². The normalized spacial score (nSPS) is 12.5. The maximum absolute atomic E-state index is 9.76. The van der Waals surface area contributed by atoms with Gasteiger partial charge in [0.1, 0.15) is 5.58 Å². The van der Waals surface area contributed by atoms with Gasteiger partial charge in [0.2, 0.25) is 0 Å². The molecule has 1 N–H and O–H groups in total. The molecule has 0 aliphatic rings. The molecule has 0 fully saturated rings. The SMILES string of the molecule is CN(CCc1coc2ccccc12)CC(C)(C)O. The first-order valence-corrected chi connectivity index (χ1v) is 6.32. The van der Waals surface area contributed by atoms with Crippen LogP contribution in [0.25, 0.3) is 11.0 Å². The van der Waals surface area contributed by atoms with E-state index in [0.717, 1.165) is 18.5 Å². The van der Waals surface area contributed by atoms with Gasteiger partial charge in [-0.1, -0.05) is 18.2 Å². The Morgan fingerprint density at radius 2 is 2.00 bits per heavy atom. The van der Waals surface area contributed by atoms with Gasteiger partial charge < -0.3 is 14.4 Å². The van der Waals surface area contributed by atoms with E-state index < -0.39 is 5.60 Å². The number of nitrogens with zero attached hydrogens (tertiary/aromatic N) is 1. The van der Waals surface area contributed by atoms with E-state index in [9.17, 15) is 5.11 Å². The highest BCUT2D eigenvalue weighted by Crippen LogP contribution is 2.21. The maximum atomic E-state index is 9.76. The van der Waals surface area contributed by atoms with E-state index in [1.165, 1.54) is 10.9 Å². The second-order valence-corrected chi connectivity index (χ2v) is 5.56. The fraction of sp³-hybridized carbons (Fsp3) is 0.467. The average molecular weight is 247 g/mol. The monoisotopic (exact) mass is 247 g/mol. The Hall–Kier alpha value is -1.32. The van der Waals surface area contributed by atoms with Crippen LogP contribution in [-0.4, -0.2) is 35.7 Å². The molecule has 1 heterocycles. The topological polar surface area (TPSA) is 36.6 Å². The summed E-state index contributed by atoms with van der Waals surface area (Å²) in [5.41, 5.74) is 1.53. The van der Waals surface area contributed by atoms with Crippen LogP contribution < -0.4 is 0 Å². The van der Waals surface area contributed by atoms with Crippen molar-refractivity contribution in [1.29, 1.82) is 0 Å². The smallest absolute Gasteiger partial charge is 0.134 e. The molecule has 0 saturated carbocycles. The Kier molecular flexibility index (Phi) is 3.73. The highest BCUT2D eigenvalue weighted by molar-refractivity contribution is 5.80. The van der Waals surface area contributed by atoms with Crippen LogP contribution in [0, 0.1) is 0 Å². The first-order chi connectivity index (χ1) is 8.46. The molecule has 0 atom stereocenters. The van der Waals surface area contributed by atoms with Crippen LogP contribution in [0.1, 0.15) is 19.4 Å². The lowest BCUT2D eigenvalue weighted by atomic mass is 10.1. The third-order valence-corrected chi connectivity index (χ3v) is 2.98. The summed E-state index contributed by atoms with van der Waals surface area (Å²) in [4.78, 5) is 2.14. The van der Waals surface area contributed by atoms with Gasteiger partial charge in [0, 0.05) is 18.5 Å². The van der Waals surface area contributed by atoms with Crippen molar-refractivity contribution in [3.8, 4) is 0 Å². The largest absolute Gasteiger partial charge is 0.464 e. The molecule has 0 bridgehead atoms. The van der Waals surface area contributed by atoms with Gasteiger partial charge >= 0.3 is 0 Å². The molecule has 0 aliphatic carbocycles. The summed E-state index contributed by atoms with van der Waals surface area (Å²) in [6, 6.07) is 8.08. The number of likely N-dealkylation sites (N-methyl/N-ethyl adjacent to an activating group) is 1. The number of aliphatic hydroxyl groups is 1. The lowest BCUT2D eigenvalue weighted by molar-refractivity contribution is 0.0450. The molecule has 0 amide bonds. The Morgan fingerprint density at radius 3 is 2.72 bits per heavy atom. The summed E-state index contributed by atoms with van der Waals surface area (Å²) in [6.45, 7) is 5.24. The van der Waals surface area contributed by atoms with Gasteiger partial charge in [-0.25, -0.2) is 0 Å². The Morgan fingerprint density at radius 1 is 1.28 bits per heavy atom. The lowest BCUT2D eigenvalue weighted by Crippen LogP contribution is -2.37. The second-order valence-electron chi connectivity index (χ2n) is 5.56. The van der Waals surface area contributed by atoms with Crippen LogP contribution in [0.3, 0.4) is 0 Å². The molecule has 0 saturated heterocycles. The van der Waals surface area contributed by atoms with Crippen molar-refractivity contribution >= 4 is 11.0 Å². The fourth-order valence-corrected chi connectivity index (χ4v) is 2.28. The first-order valence-electron chi connectivity index (χ1n) is 6.32. The zero-order valence-corrected chi connectivity index (χ0v) is 11.3. The van der Waals surface area contributed by atoms with Gasteiger partial charge in [-0.15, -0.1) is 0 Å². The van der Waals surface area contributed by atoms with Gasteiger partial charge in [-0.3, -0.25) is 0 Å². The van der Waals surface area contributed by atoms with E-state index in [4.69, 9.17) is 4.42 Å². The van der Waals surface area contributed by atoms with Crippen molar-refractivity contribution in [2.24, 2.45) is 0 Å². The summed E-state index contributed by atoms with van der Waals surface area (Å²) in [7, 11) is 2.03. The zero-order valence-electron chi connectivity index (χ0n) is 11.3. The van der Waals surface area contributed by atoms with Gasteiger partial charge in [0.25, 0.3) is 0 Å². The summed E-state index contributed by atoms with van der Waals surface area (Å²) in [5, 5.41) is 10.9. The number of fused-ring (bicyclic) bond motifs is 1. The molecular weight excluding hydrogens is 226 g/mol. The molecule has 3 nitrogen and oxygen atoms in total. The van der Waals surface area contributed by atoms with Gasteiger partial charge in [-0.2, -0.15) is 0 Å². The standard InChI is InChI=1S/C15H21NO2/c1-15(2,17)11-16(3)9-8-12-10-18-14-7-5-4-6-13(12)14/h4-7,10,17H,8-9,11H2,1-3H3. The summed E-state index contributed by atoms with van der Waals surface area (Å²) in [5.74, 6) is 0. The minimum atomic E-state index is -0.646. The van der Waals surface area contributed by atoms with Crippen LogP contribution in [0.5, 0.6) is 0 Å². The molecule has 98 valence electrons. The number of hydrogen-bond donors (Lipinski definition) is 1. The predicted molar refractivity (Wildman–Crippen MR) is 73.7 cm³/mol. The third kappa shape index (κ3) is 3.34. The van der Waals surface area contributed by atoms with Crippen LogP contribution in [0.2, 0.25) is 0 Å². The van der Waals surface area contributed by atoms with Crippen molar-refractivity contribution in [2.75, 3.05) is 20.1 Å². The van der Waals surface area contributed by atoms with E-state index in [2.05, 4.69) is 11.0 Å². The lowest BCUT2D eigenvalue weighted by Gasteiger charge is -2.25. The number of para-hydroxylation sites is 1. The average Bonchev–Trinajstić information content (AvgIpc) is 2.67. The summed E-state index contributed by atoms with van der Waals surface area (Å²) < 4.78 is 5.51. The van der Waals surface area contributed by atoms with Crippen molar-refractivity contribution in [1.82, 2.24) is 4.90 Å². The second kappa shape index (κ2) is 5.12. The highest BCUT2D eigenvalue weighted by atomic mass is 16.3. The van der Waals surface area contributed by atoms with Gasteiger partial charge in [-0.05, 0) is 38.9 Å². The fourth-order valence-electron chi connectivity index (χ4n) is 2.28.